The quantitative estimate of drug-likeness (QED) is 0.903. The first kappa shape index (κ1) is 13.7. The molecule has 0 saturated carbocycles. The molecule has 1 atom stereocenters. The van der Waals surface area contributed by atoms with Gasteiger partial charge in [-0.05, 0) is 24.8 Å². The molecule has 1 saturated heterocycles. The lowest BCUT2D eigenvalue weighted by atomic mass is 10.1. The monoisotopic (exact) mass is 284 g/mol. The van der Waals surface area contributed by atoms with Crippen molar-refractivity contribution in [3.8, 4) is 0 Å². The van der Waals surface area contributed by atoms with E-state index in [1.807, 2.05) is 29.1 Å². The molecule has 21 heavy (non-hydrogen) atoms. The molecule has 1 aliphatic heterocycles. The van der Waals surface area contributed by atoms with E-state index in [9.17, 15) is 4.79 Å². The minimum Gasteiger partial charge on any atom is -0.371 e. The van der Waals surface area contributed by atoms with E-state index in [4.69, 9.17) is 0 Å². The van der Waals surface area contributed by atoms with Crippen molar-refractivity contribution < 1.29 is 4.79 Å². The molecule has 2 aromatic rings. The zero-order valence-electron chi connectivity index (χ0n) is 12.0. The minimum atomic E-state index is -0.151. The molecule has 1 aromatic carbocycles. The maximum atomic E-state index is 11.9. The number of anilines is 1. The number of hydrogen-bond donors (Lipinski definition) is 2. The van der Waals surface area contributed by atoms with Gasteiger partial charge in [0.25, 0.3) is 0 Å². The van der Waals surface area contributed by atoms with E-state index < -0.39 is 0 Å². The molecule has 1 fully saturated rings. The molecular formula is C16H20N4O. The van der Waals surface area contributed by atoms with Crippen LogP contribution in [0, 0.1) is 0 Å². The summed E-state index contributed by atoms with van der Waals surface area (Å²) >= 11 is 0. The van der Waals surface area contributed by atoms with Gasteiger partial charge in [-0.1, -0.05) is 30.3 Å². The van der Waals surface area contributed by atoms with E-state index in [1.54, 1.807) is 6.20 Å². The fourth-order valence-electron chi connectivity index (χ4n) is 2.57. The predicted octanol–water partition coefficient (Wildman–Crippen LogP) is 2.01. The van der Waals surface area contributed by atoms with E-state index in [0.717, 1.165) is 38.0 Å². The summed E-state index contributed by atoms with van der Waals surface area (Å²) in [6.45, 7) is 1.52. The molecule has 1 amide bonds. The zero-order valence-corrected chi connectivity index (χ0v) is 12.0. The molecule has 5 heteroatoms. The Balaban J connectivity index is 1.63. The molecular weight excluding hydrogens is 264 g/mol. The lowest BCUT2D eigenvalue weighted by molar-refractivity contribution is -0.121. The number of rotatable bonds is 4. The van der Waals surface area contributed by atoms with Crippen LogP contribution in [-0.2, 0) is 11.3 Å². The number of amides is 1. The average molecular weight is 284 g/mol. The van der Waals surface area contributed by atoms with Gasteiger partial charge in [0.1, 0.15) is 6.04 Å². The van der Waals surface area contributed by atoms with Gasteiger partial charge < -0.3 is 10.6 Å². The van der Waals surface area contributed by atoms with Gasteiger partial charge in [0.05, 0.1) is 18.4 Å². The van der Waals surface area contributed by atoms with Crippen molar-refractivity contribution in [1.82, 2.24) is 15.1 Å². The van der Waals surface area contributed by atoms with E-state index in [2.05, 4.69) is 27.9 Å². The average Bonchev–Trinajstić information content (AvgIpc) is 2.83. The van der Waals surface area contributed by atoms with E-state index in [1.165, 1.54) is 5.56 Å². The molecule has 110 valence electrons. The van der Waals surface area contributed by atoms with Gasteiger partial charge in [-0.25, -0.2) is 0 Å². The normalized spacial score (nSPS) is 18.9. The highest BCUT2D eigenvalue weighted by atomic mass is 16.2. The van der Waals surface area contributed by atoms with Crippen LogP contribution < -0.4 is 10.6 Å². The second kappa shape index (κ2) is 6.43. The number of hydrogen-bond acceptors (Lipinski definition) is 3. The third kappa shape index (κ3) is 3.62. The second-order valence-corrected chi connectivity index (χ2v) is 5.40. The van der Waals surface area contributed by atoms with Crippen molar-refractivity contribution in [3.05, 3.63) is 48.3 Å². The van der Waals surface area contributed by atoms with Crippen molar-refractivity contribution in [2.75, 3.05) is 11.9 Å². The van der Waals surface area contributed by atoms with Gasteiger partial charge in [-0.2, -0.15) is 5.10 Å². The van der Waals surface area contributed by atoms with Gasteiger partial charge in [0, 0.05) is 12.7 Å². The third-order valence-corrected chi connectivity index (χ3v) is 3.70. The highest BCUT2D eigenvalue weighted by molar-refractivity contribution is 5.84. The lowest BCUT2D eigenvalue weighted by Crippen LogP contribution is -2.37. The van der Waals surface area contributed by atoms with Crippen molar-refractivity contribution in [2.24, 2.45) is 0 Å². The van der Waals surface area contributed by atoms with Crippen molar-refractivity contribution >= 4 is 11.6 Å². The summed E-state index contributed by atoms with van der Waals surface area (Å²) in [5.74, 6) is 0.0864. The van der Waals surface area contributed by atoms with Crippen LogP contribution >= 0.6 is 0 Å². The Morgan fingerprint density at radius 2 is 2.14 bits per heavy atom. The van der Waals surface area contributed by atoms with Crippen LogP contribution in [0.3, 0.4) is 0 Å². The van der Waals surface area contributed by atoms with Gasteiger partial charge in [-0.3, -0.25) is 9.48 Å². The highest BCUT2D eigenvalue weighted by Gasteiger charge is 2.20. The first-order valence-corrected chi connectivity index (χ1v) is 7.42. The molecule has 2 N–H and O–H groups in total. The molecule has 2 heterocycles. The summed E-state index contributed by atoms with van der Waals surface area (Å²) in [6.07, 6.45) is 6.72. The van der Waals surface area contributed by atoms with Crippen LogP contribution in [0.2, 0.25) is 0 Å². The maximum Gasteiger partial charge on any atom is 0.242 e. The largest absolute Gasteiger partial charge is 0.371 e. The summed E-state index contributed by atoms with van der Waals surface area (Å²) in [7, 11) is 0. The summed E-state index contributed by atoms with van der Waals surface area (Å²) in [5.41, 5.74) is 2.10. The number of benzene rings is 1. The lowest BCUT2D eigenvalue weighted by Gasteiger charge is -2.14. The molecule has 3 rings (SSSR count). The van der Waals surface area contributed by atoms with Gasteiger partial charge >= 0.3 is 0 Å². The van der Waals surface area contributed by atoms with Crippen molar-refractivity contribution in [2.45, 2.75) is 31.8 Å². The van der Waals surface area contributed by atoms with Crippen LogP contribution in [-0.4, -0.2) is 28.3 Å². The fraction of sp³-hybridized carbons (Fsp3) is 0.375. The molecule has 0 spiro atoms. The van der Waals surface area contributed by atoms with Crippen LogP contribution in [0.25, 0.3) is 0 Å². The van der Waals surface area contributed by atoms with Crippen LogP contribution in [0.5, 0.6) is 0 Å². The number of nitrogens with zero attached hydrogens (tertiary/aromatic N) is 2. The Morgan fingerprint density at radius 3 is 3.00 bits per heavy atom. The summed E-state index contributed by atoms with van der Waals surface area (Å²) in [5, 5.41) is 10.6. The SMILES string of the molecule is O=C1NCCCCC1Nc1cnn(Cc2ccccc2)c1. The molecule has 1 unspecified atom stereocenters. The van der Waals surface area contributed by atoms with Gasteiger partial charge in [0.2, 0.25) is 5.91 Å². The number of aromatic nitrogens is 2. The van der Waals surface area contributed by atoms with E-state index >= 15 is 0 Å². The van der Waals surface area contributed by atoms with Crippen LogP contribution in [0.1, 0.15) is 24.8 Å². The van der Waals surface area contributed by atoms with Crippen molar-refractivity contribution in [3.63, 3.8) is 0 Å². The Morgan fingerprint density at radius 1 is 1.29 bits per heavy atom. The minimum absolute atomic E-state index is 0.0864. The zero-order chi connectivity index (χ0) is 14.5. The summed E-state index contributed by atoms with van der Waals surface area (Å²) in [6, 6.07) is 10.1. The standard InChI is InChI=1S/C16H20N4O/c21-16-15(8-4-5-9-17-16)19-14-10-18-20(12-14)11-13-6-2-1-3-7-13/h1-3,6-7,10,12,15,19H,4-5,8-9,11H2,(H,17,21). The van der Waals surface area contributed by atoms with Crippen LogP contribution in [0.15, 0.2) is 42.7 Å². The Labute approximate surface area is 124 Å². The molecule has 1 aliphatic rings. The fourth-order valence-corrected chi connectivity index (χ4v) is 2.57. The maximum absolute atomic E-state index is 11.9. The Hall–Kier alpha value is -2.30. The molecule has 0 bridgehead atoms. The first-order chi connectivity index (χ1) is 10.3. The van der Waals surface area contributed by atoms with E-state index in [-0.39, 0.29) is 11.9 Å². The second-order valence-electron chi connectivity index (χ2n) is 5.40. The van der Waals surface area contributed by atoms with Crippen molar-refractivity contribution in [1.29, 1.82) is 0 Å². The van der Waals surface area contributed by atoms with Gasteiger partial charge in [-0.15, -0.1) is 0 Å². The molecule has 1 aromatic heterocycles. The Kier molecular flexibility index (Phi) is 4.19. The molecule has 0 radical (unpaired) electrons. The third-order valence-electron chi connectivity index (χ3n) is 3.70. The summed E-state index contributed by atoms with van der Waals surface area (Å²) in [4.78, 5) is 11.9. The van der Waals surface area contributed by atoms with E-state index in [0.29, 0.717) is 0 Å². The van der Waals surface area contributed by atoms with Gasteiger partial charge in [0.15, 0.2) is 0 Å². The summed E-state index contributed by atoms with van der Waals surface area (Å²) < 4.78 is 1.88. The number of carbonyl (C=O) groups is 1. The number of nitrogens with one attached hydrogen (secondary N) is 2. The molecule has 5 nitrogen and oxygen atoms in total. The highest BCUT2D eigenvalue weighted by Crippen LogP contribution is 2.14. The Bertz CT molecular complexity index is 593. The first-order valence-electron chi connectivity index (χ1n) is 7.42. The smallest absolute Gasteiger partial charge is 0.242 e. The topological polar surface area (TPSA) is 59.0 Å². The predicted molar refractivity (Wildman–Crippen MR) is 82.0 cm³/mol. The molecule has 0 aliphatic carbocycles. The van der Waals surface area contributed by atoms with Crippen LogP contribution in [0.4, 0.5) is 5.69 Å². The number of carbonyl (C=O) groups excluding carboxylic acids is 1.